The van der Waals surface area contributed by atoms with Crippen LogP contribution in [-0.2, 0) is 16.0 Å². The van der Waals surface area contributed by atoms with Gasteiger partial charge < -0.3 is 14.8 Å². The number of aromatic nitrogens is 1. The van der Waals surface area contributed by atoms with Gasteiger partial charge in [0, 0.05) is 48.4 Å². The molecule has 0 spiro atoms. The van der Waals surface area contributed by atoms with Gasteiger partial charge in [-0.2, -0.15) is 0 Å². The molecule has 0 bridgehead atoms. The number of carbonyl (C=O) groups is 2. The van der Waals surface area contributed by atoms with E-state index in [0.29, 0.717) is 43.0 Å². The zero-order chi connectivity index (χ0) is 21.0. The van der Waals surface area contributed by atoms with E-state index in [1.807, 2.05) is 24.3 Å². The van der Waals surface area contributed by atoms with Gasteiger partial charge in [-0.3, -0.25) is 9.59 Å². The summed E-state index contributed by atoms with van der Waals surface area (Å²) in [5, 5.41) is 2.80. The maximum absolute atomic E-state index is 12.4. The number of rotatable bonds is 5. The van der Waals surface area contributed by atoms with Crippen molar-refractivity contribution in [3.63, 3.8) is 0 Å². The maximum Gasteiger partial charge on any atom is 0.225 e. The highest BCUT2D eigenvalue weighted by molar-refractivity contribution is 5.93. The number of hydrogen-bond acceptors (Lipinski definition) is 5. The minimum absolute atomic E-state index is 0.0179. The van der Waals surface area contributed by atoms with Gasteiger partial charge in [-0.25, -0.2) is 4.98 Å². The first-order valence-electron chi connectivity index (χ1n) is 10.6. The standard InChI is InChI=1S/C24H26N2O4/c1-24(2,3)12-13(27)10-17-21-16-11-14(4-6-18(16)30-22(17)21)29-19-8-9-25-23-15(19)5-7-20(28)26-23/h4,6,8-9,11,17,21-22H,5,7,10,12H2,1-3H3,(H,25,26,28)/t17-,21-,22+/m0/s1. The summed E-state index contributed by atoms with van der Waals surface area (Å²) in [5.41, 5.74) is 2.07. The number of ketones is 1. The van der Waals surface area contributed by atoms with Crippen molar-refractivity contribution in [3.8, 4) is 17.2 Å². The molecule has 0 radical (unpaired) electrons. The molecule has 2 aromatic rings. The molecule has 5 rings (SSSR count). The Hall–Kier alpha value is -2.89. The highest BCUT2D eigenvalue weighted by Crippen LogP contribution is 2.60. The highest BCUT2D eigenvalue weighted by Gasteiger charge is 2.59. The van der Waals surface area contributed by atoms with Crippen LogP contribution in [0.2, 0.25) is 0 Å². The van der Waals surface area contributed by atoms with Crippen LogP contribution in [0.1, 0.15) is 57.1 Å². The van der Waals surface area contributed by atoms with Crippen molar-refractivity contribution in [2.24, 2.45) is 11.3 Å². The molecule has 1 fully saturated rings. The third kappa shape index (κ3) is 3.55. The van der Waals surface area contributed by atoms with E-state index in [2.05, 4.69) is 31.1 Å². The van der Waals surface area contributed by atoms with E-state index in [4.69, 9.17) is 9.47 Å². The lowest BCUT2D eigenvalue weighted by Gasteiger charge is -2.19. The second-order valence-electron chi connectivity index (χ2n) is 9.74. The number of fused-ring (bicyclic) bond motifs is 4. The van der Waals surface area contributed by atoms with Gasteiger partial charge in [0.1, 0.15) is 35.0 Å². The van der Waals surface area contributed by atoms with Crippen molar-refractivity contribution in [1.29, 1.82) is 0 Å². The Balaban J connectivity index is 1.31. The summed E-state index contributed by atoms with van der Waals surface area (Å²) in [6.07, 6.45) is 3.98. The van der Waals surface area contributed by atoms with Crippen LogP contribution in [0.5, 0.6) is 17.2 Å². The molecule has 3 heterocycles. The Kier molecular flexibility index (Phi) is 4.34. The fraction of sp³-hybridized carbons (Fsp3) is 0.458. The van der Waals surface area contributed by atoms with E-state index in [-0.39, 0.29) is 29.3 Å². The second-order valence-corrected chi connectivity index (χ2v) is 9.74. The van der Waals surface area contributed by atoms with Crippen LogP contribution >= 0.6 is 0 Å². The lowest BCUT2D eigenvalue weighted by Crippen LogP contribution is -2.20. The molecule has 6 nitrogen and oxygen atoms in total. The summed E-state index contributed by atoms with van der Waals surface area (Å²) in [5.74, 6) is 3.75. The quantitative estimate of drug-likeness (QED) is 0.783. The second kappa shape index (κ2) is 6.83. The van der Waals surface area contributed by atoms with E-state index in [9.17, 15) is 9.59 Å². The minimum atomic E-state index is -0.0198. The number of anilines is 1. The lowest BCUT2D eigenvalue weighted by atomic mass is 9.88. The lowest BCUT2D eigenvalue weighted by molar-refractivity contribution is -0.121. The first kappa shape index (κ1) is 19.1. The molecule has 30 heavy (non-hydrogen) atoms. The molecular formula is C24H26N2O4. The van der Waals surface area contributed by atoms with Crippen molar-refractivity contribution < 1.29 is 19.1 Å². The number of nitrogens with zero attached hydrogens (tertiary/aromatic N) is 1. The minimum Gasteiger partial charge on any atom is -0.489 e. The highest BCUT2D eigenvalue weighted by atomic mass is 16.5. The van der Waals surface area contributed by atoms with Crippen molar-refractivity contribution >= 4 is 17.5 Å². The monoisotopic (exact) mass is 406 g/mol. The first-order valence-corrected chi connectivity index (χ1v) is 10.6. The number of nitrogens with one attached hydrogen (secondary N) is 1. The summed E-state index contributed by atoms with van der Waals surface area (Å²) < 4.78 is 12.2. The SMILES string of the molecule is CC(C)(C)CC(=O)C[C@@H]1[C@H]2Oc3ccc(Oc4ccnc5c4CCC(=O)N5)cc3[C@@H]12. The average molecular weight is 406 g/mol. The molecule has 2 aliphatic heterocycles. The molecule has 3 atom stereocenters. The van der Waals surface area contributed by atoms with Gasteiger partial charge in [0.2, 0.25) is 5.91 Å². The number of amides is 1. The average Bonchev–Trinajstić information content (AvgIpc) is 3.16. The number of pyridine rings is 1. The van der Waals surface area contributed by atoms with E-state index >= 15 is 0 Å². The normalized spacial score (nSPS) is 23.6. The largest absolute Gasteiger partial charge is 0.489 e. The van der Waals surface area contributed by atoms with Crippen molar-refractivity contribution in [2.75, 3.05) is 5.32 Å². The van der Waals surface area contributed by atoms with Gasteiger partial charge in [-0.15, -0.1) is 0 Å². The van der Waals surface area contributed by atoms with Crippen LogP contribution in [0, 0.1) is 11.3 Å². The molecule has 3 aliphatic rings. The fourth-order valence-corrected chi connectivity index (χ4v) is 4.66. The molecule has 0 saturated heterocycles. The number of benzene rings is 1. The molecule has 1 N–H and O–H groups in total. The topological polar surface area (TPSA) is 77.5 Å². The number of ether oxygens (including phenoxy) is 2. The summed E-state index contributed by atoms with van der Waals surface area (Å²) >= 11 is 0. The third-order valence-corrected chi connectivity index (χ3v) is 5.99. The Labute approximate surface area is 176 Å². The predicted molar refractivity (Wildman–Crippen MR) is 112 cm³/mol. The van der Waals surface area contributed by atoms with Crippen LogP contribution < -0.4 is 14.8 Å². The molecule has 156 valence electrons. The van der Waals surface area contributed by atoms with Crippen LogP contribution in [0.15, 0.2) is 30.5 Å². The molecule has 1 aromatic heterocycles. The molecule has 1 saturated carbocycles. The van der Waals surface area contributed by atoms with E-state index < -0.39 is 0 Å². The molecule has 1 aromatic carbocycles. The summed E-state index contributed by atoms with van der Waals surface area (Å²) in [6.45, 7) is 6.28. The number of carbonyl (C=O) groups excluding carboxylic acids is 2. The zero-order valence-corrected chi connectivity index (χ0v) is 17.5. The van der Waals surface area contributed by atoms with Crippen LogP contribution in [-0.4, -0.2) is 22.8 Å². The van der Waals surface area contributed by atoms with E-state index in [0.717, 1.165) is 22.6 Å². The van der Waals surface area contributed by atoms with E-state index in [1.165, 1.54) is 0 Å². The Bertz CT molecular complexity index is 1040. The molecule has 1 aliphatic carbocycles. The number of Topliss-reactive ketones (excluding diaryl/α,β-unsaturated/α-hetero) is 1. The molecule has 6 heteroatoms. The van der Waals surface area contributed by atoms with Crippen LogP contribution in [0.3, 0.4) is 0 Å². The van der Waals surface area contributed by atoms with Crippen LogP contribution in [0.4, 0.5) is 5.82 Å². The van der Waals surface area contributed by atoms with Crippen molar-refractivity contribution in [1.82, 2.24) is 4.98 Å². The molecular weight excluding hydrogens is 380 g/mol. The third-order valence-electron chi connectivity index (χ3n) is 5.99. The Morgan fingerprint density at radius 3 is 2.90 bits per heavy atom. The van der Waals surface area contributed by atoms with E-state index in [1.54, 1.807) is 6.20 Å². The van der Waals surface area contributed by atoms with Crippen molar-refractivity contribution in [2.45, 2.75) is 58.5 Å². The summed E-state index contributed by atoms with van der Waals surface area (Å²) in [7, 11) is 0. The zero-order valence-electron chi connectivity index (χ0n) is 17.5. The smallest absolute Gasteiger partial charge is 0.225 e. The van der Waals surface area contributed by atoms with Gasteiger partial charge in [-0.1, -0.05) is 20.8 Å². The summed E-state index contributed by atoms with van der Waals surface area (Å²) in [4.78, 5) is 28.3. The van der Waals surface area contributed by atoms with Crippen molar-refractivity contribution in [3.05, 3.63) is 41.6 Å². The van der Waals surface area contributed by atoms with Crippen LogP contribution in [0.25, 0.3) is 0 Å². The molecule has 0 unspecified atom stereocenters. The first-order chi connectivity index (χ1) is 14.3. The van der Waals surface area contributed by atoms with Gasteiger partial charge in [0.25, 0.3) is 0 Å². The summed E-state index contributed by atoms with van der Waals surface area (Å²) in [6, 6.07) is 7.70. The predicted octanol–water partition coefficient (Wildman–Crippen LogP) is 4.63. The van der Waals surface area contributed by atoms with Gasteiger partial charge in [0.05, 0.1) is 0 Å². The molecule has 1 amide bonds. The fourth-order valence-electron chi connectivity index (χ4n) is 4.66. The maximum atomic E-state index is 12.4. The van der Waals surface area contributed by atoms with Gasteiger partial charge in [-0.05, 0) is 36.1 Å². The Morgan fingerprint density at radius 2 is 2.10 bits per heavy atom. The number of hydrogen-bond donors (Lipinski definition) is 1. The van der Waals surface area contributed by atoms with Gasteiger partial charge >= 0.3 is 0 Å². The Morgan fingerprint density at radius 1 is 1.27 bits per heavy atom. The van der Waals surface area contributed by atoms with Gasteiger partial charge in [0.15, 0.2) is 0 Å².